The molecule has 156 valence electrons. The molecule has 1 N–H and O–H groups in total. The van der Waals surface area contributed by atoms with Gasteiger partial charge in [0.05, 0.1) is 0 Å². The van der Waals surface area contributed by atoms with Crippen LogP contribution in [-0.4, -0.2) is 28.4 Å². The monoisotopic (exact) mass is 407 g/mol. The SMILES string of the molecule is Cc1[nH]c2ccccc2c1C(=C1C=CC(=[N+](C)C2CCCCC2)C=C1)c1ccccc1. The van der Waals surface area contributed by atoms with Gasteiger partial charge in [-0.15, -0.1) is 0 Å². The van der Waals surface area contributed by atoms with Gasteiger partial charge in [0.15, 0.2) is 11.8 Å². The van der Waals surface area contributed by atoms with Crippen molar-refractivity contribution in [1.82, 2.24) is 4.98 Å². The second kappa shape index (κ2) is 8.55. The van der Waals surface area contributed by atoms with Gasteiger partial charge in [-0.05, 0) is 54.7 Å². The summed E-state index contributed by atoms with van der Waals surface area (Å²) in [5.74, 6) is 0. The van der Waals surface area contributed by atoms with Crippen molar-refractivity contribution in [3.05, 3.63) is 101 Å². The Hall–Kier alpha value is -3.13. The average molecular weight is 408 g/mol. The highest BCUT2D eigenvalue weighted by atomic mass is 15.0. The zero-order chi connectivity index (χ0) is 21.2. The molecular weight excluding hydrogens is 376 g/mol. The van der Waals surface area contributed by atoms with Gasteiger partial charge in [-0.1, -0.05) is 55.0 Å². The molecule has 0 bridgehead atoms. The van der Waals surface area contributed by atoms with Crippen LogP contribution in [0.5, 0.6) is 0 Å². The number of hydrogen-bond donors (Lipinski definition) is 1. The number of para-hydroxylation sites is 1. The molecule has 5 rings (SSSR count). The molecule has 2 heteroatoms. The number of rotatable bonds is 3. The maximum atomic E-state index is 3.59. The molecule has 0 saturated heterocycles. The van der Waals surface area contributed by atoms with E-state index in [0.29, 0.717) is 6.04 Å². The number of H-pyrrole nitrogens is 1. The fourth-order valence-corrected chi connectivity index (χ4v) is 5.20. The van der Waals surface area contributed by atoms with Crippen molar-refractivity contribution in [2.45, 2.75) is 45.1 Å². The molecule has 2 aromatic carbocycles. The molecule has 0 atom stereocenters. The molecule has 31 heavy (non-hydrogen) atoms. The summed E-state index contributed by atoms with van der Waals surface area (Å²) in [6.07, 6.45) is 16.0. The Balaban J connectivity index is 1.63. The normalized spacial score (nSPS) is 16.8. The molecule has 0 radical (unpaired) electrons. The molecule has 3 aromatic rings. The van der Waals surface area contributed by atoms with Crippen molar-refractivity contribution in [3.63, 3.8) is 0 Å². The summed E-state index contributed by atoms with van der Waals surface area (Å²) in [6.45, 7) is 2.18. The number of benzene rings is 2. The highest BCUT2D eigenvalue weighted by Crippen LogP contribution is 2.36. The first-order chi connectivity index (χ1) is 15.2. The lowest BCUT2D eigenvalue weighted by Gasteiger charge is -2.20. The number of hydrogen-bond acceptors (Lipinski definition) is 0. The largest absolute Gasteiger partial charge is 0.358 e. The Bertz CT molecular complexity index is 1190. The van der Waals surface area contributed by atoms with E-state index in [1.165, 1.54) is 76.7 Å². The van der Waals surface area contributed by atoms with Crippen molar-refractivity contribution < 1.29 is 4.58 Å². The van der Waals surface area contributed by atoms with Crippen LogP contribution in [0.2, 0.25) is 0 Å². The van der Waals surface area contributed by atoms with Gasteiger partial charge < -0.3 is 4.98 Å². The number of fused-ring (bicyclic) bond motifs is 1. The van der Waals surface area contributed by atoms with E-state index in [2.05, 4.69) is 102 Å². The van der Waals surface area contributed by atoms with Gasteiger partial charge in [0.2, 0.25) is 0 Å². The highest BCUT2D eigenvalue weighted by Gasteiger charge is 2.24. The van der Waals surface area contributed by atoms with Crippen molar-refractivity contribution in [2.24, 2.45) is 0 Å². The van der Waals surface area contributed by atoms with Crippen LogP contribution in [0.1, 0.15) is 48.9 Å². The second-order valence-corrected chi connectivity index (χ2v) is 8.86. The number of allylic oxidation sites excluding steroid dienone is 5. The quantitative estimate of drug-likeness (QED) is 0.459. The van der Waals surface area contributed by atoms with Crippen molar-refractivity contribution >= 4 is 22.2 Å². The molecule has 2 aliphatic rings. The lowest BCUT2D eigenvalue weighted by Crippen LogP contribution is -2.29. The van der Waals surface area contributed by atoms with Crippen LogP contribution in [0.15, 0.2) is 84.5 Å². The molecule has 0 spiro atoms. The third-order valence-electron chi connectivity index (χ3n) is 6.89. The van der Waals surface area contributed by atoms with Crippen molar-refractivity contribution in [1.29, 1.82) is 0 Å². The topological polar surface area (TPSA) is 18.8 Å². The smallest absolute Gasteiger partial charge is 0.199 e. The molecule has 0 amide bonds. The number of nitrogens with zero attached hydrogens (tertiary/aromatic N) is 1. The molecule has 1 saturated carbocycles. The lowest BCUT2D eigenvalue weighted by molar-refractivity contribution is -0.540. The molecule has 1 heterocycles. The van der Waals surface area contributed by atoms with Crippen LogP contribution in [-0.2, 0) is 0 Å². The predicted molar refractivity (Wildman–Crippen MR) is 132 cm³/mol. The fraction of sp³-hybridized carbons (Fsp3) is 0.276. The van der Waals surface area contributed by atoms with Crippen LogP contribution in [0, 0.1) is 6.92 Å². The summed E-state index contributed by atoms with van der Waals surface area (Å²) in [5, 5.41) is 1.28. The zero-order valence-electron chi connectivity index (χ0n) is 18.6. The fourth-order valence-electron chi connectivity index (χ4n) is 5.20. The van der Waals surface area contributed by atoms with Gasteiger partial charge in [0.25, 0.3) is 0 Å². The van der Waals surface area contributed by atoms with E-state index < -0.39 is 0 Å². The maximum absolute atomic E-state index is 3.59. The number of aromatic nitrogens is 1. The summed E-state index contributed by atoms with van der Waals surface area (Å²) in [4.78, 5) is 3.59. The Morgan fingerprint density at radius 1 is 0.839 bits per heavy atom. The van der Waals surface area contributed by atoms with Crippen LogP contribution < -0.4 is 0 Å². The van der Waals surface area contributed by atoms with E-state index in [1.54, 1.807) is 0 Å². The summed E-state index contributed by atoms with van der Waals surface area (Å²) < 4.78 is 2.49. The predicted octanol–water partition coefficient (Wildman–Crippen LogP) is 6.82. The van der Waals surface area contributed by atoms with Crippen LogP contribution in [0.25, 0.3) is 16.5 Å². The van der Waals surface area contributed by atoms with Gasteiger partial charge in [-0.25, -0.2) is 4.58 Å². The first-order valence-electron chi connectivity index (χ1n) is 11.6. The van der Waals surface area contributed by atoms with Crippen LogP contribution in [0.3, 0.4) is 0 Å². The number of nitrogens with one attached hydrogen (secondary N) is 1. The Kier molecular flexibility index (Phi) is 5.46. The molecule has 1 aromatic heterocycles. The Morgan fingerprint density at radius 3 is 2.26 bits per heavy atom. The van der Waals surface area contributed by atoms with E-state index in [0.717, 1.165) is 0 Å². The van der Waals surface area contributed by atoms with E-state index in [9.17, 15) is 0 Å². The van der Waals surface area contributed by atoms with Crippen molar-refractivity contribution in [3.8, 4) is 0 Å². The van der Waals surface area contributed by atoms with Crippen molar-refractivity contribution in [2.75, 3.05) is 7.05 Å². The Labute approximate surface area is 185 Å². The van der Waals surface area contributed by atoms with Gasteiger partial charge in [-0.3, -0.25) is 0 Å². The lowest BCUT2D eigenvalue weighted by atomic mass is 9.89. The molecule has 0 aliphatic heterocycles. The summed E-state index contributed by atoms with van der Waals surface area (Å²) in [6, 6.07) is 20.1. The third kappa shape index (κ3) is 3.83. The summed E-state index contributed by atoms with van der Waals surface area (Å²) >= 11 is 0. The Morgan fingerprint density at radius 2 is 1.52 bits per heavy atom. The zero-order valence-corrected chi connectivity index (χ0v) is 18.6. The molecule has 2 nitrogen and oxygen atoms in total. The molecule has 0 unspecified atom stereocenters. The number of aromatic amines is 1. The van der Waals surface area contributed by atoms with Crippen LogP contribution >= 0.6 is 0 Å². The van der Waals surface area contributed by atoms with E-state index >= 15 is 0 Å². The molecule has 2 aliphatic carbocycles. The first-order valence-corrected chi connectivity index (χ1v) is 11.6. The maximum Gasteiger partial charge on any atom is 0.199 e. The summed E-state index contributed by atoms with van der Waals surface area (Å²) in [5.41, 5.74) is 8.83. The summed E-state index contributed by atoms with van der Waals surface area (Å²) in [7, 11) is 2.26. The minimum Gasteiger partial charge on any atom is -0.358 e. The van der Waals surface area contributed by atoms with Gasteiger partial charge in [0, 0.05) is 47.2 Å². The van der Waals surface area contributed by atoms with Gasteiger partial charge >= 0.3 is 0 Å². The standard InChI is InChI=1S/C29H30N2/c1-21-28(26-15-9-10-16-27(26)30-21)29(22-11-5-3-6-12-22)23-17-19-25(20-18-23)31(2)24-13-7-4-8-14-24/h3,5-6,9-12,15-20,24H,4,7-8,13-14H2,1-2H3/p+1. The van der Waals surface area contributed by atoms with E-state index in [1.807, 2.05) is 0 Å². The second-order valence-electron chi connectivity index (χ2n) is 8.86. The molecular formula is C29H31N2+. The van der Waals surface area contributed by atoms with E-state index in [4.69, 9.17) is 0 Å². The van der Waals surface area contributed by atoms with E-state index in [-0.39, 0.29) is 0 Å². The third-order valence-corrected chi connectivity index (χ3v) is 6.89. The molecule has 1 fully saturated rings. The average Bonchev–Trinajstić information content (AvgIpc) is 3.16. The number of aryl methyl sites for hydroxylation is 1. The first kappa shape index (κ1) is 19.8. The minimum atomic E-state index is 0.674. The van der Waals surface area contributed by atoms with Gasteiger partial charge in [0.1, 0.15) is 7.05 Å². The minimum absolute atomic E-state index is 0.674. The van der Waals surface area contributed by atoms with Crippen LogP contribution in [0.4, 0.5) is 0 Å². The van der Waals surface area contributed by atoms with Gasteiger partial charge in [-0.2, -0.15) is 0 Å². The highest BCUT2D eigenvalue weighted by molar-refractivity contribution is 6.06.